The van der Waals surface area contributed by atoms with E-state index in [2.05, 4.69) is 20.7 Å². The van der Waals surface area contributed by atoms with Crippen molar-refractivity contribution in [2.75, 3.05) is 11.1 Å². The summed E-state index contributed by atoms with van der Waals surface area (Å²) in [6.45, 7) is 5.25. The molecular formula is C22H25N5O5S. The third-order valence-electron chi connectivity index (χ3n) is 5.24. The Balaban J connectivity index is 1.61. The average molecular weight is 472 g/mol. The van der Waals surface area contributed by atoms with E-state index in [1.807, 2.05) is 0 Å². The van der Waals surface area contributed by atoms with Crippen LogP contribution in [0.2, 0.25) is 0 Å². The number of aromatic nitrogens is 3. The maximum atomic E-state index is 12.9. The van der Waals surface area contributed by atoms with Crippen LogP contribution in [0, 0.1) is 0 Å². The third kappa shape index (κ3) is 4.68. The highest BCUT2D eigenvalue weighted by Gasteiger charge is 2.33. The van der Waals surface area contributed by atoms with Crippen molar-refractivity contribution in [2.45, 2.75) is 43.7 Å². The number of hydrogen-bond acceptors (Lipinski definition) is 7. The highest BCUT2D eigenvalue weighted by Crippen LogP contribution is 2.33. The van der Waals surface area contributed by atoms with Crippen LogP contribution in [-0.4, -0.2) is 46.5 Å². The zero-order valence-electron chi connectivity index (χ0n) is 18.7. The number of aryl methyl sites for hydroxylation is 1. The van der Waals surface area contributed by atoms with Gasteiger partial charge in [0.1, 0.15) is 5.60 Å². The van der Waals surface area contributed by atoms with E-state index in [4.69, 9.17) is 4.74 Å². The molecule has 0 saturated heterocycles. The minimum atomic E-state index is -3.60. The molecule has 2 amide bonds. The highest BCUT2D eigenvalue weighted by molar-refractivity contribution is 7.91. The van der Waals surface area contributed by atoms with Crippen molar-refractivity contribution < 1.29 is 22.7 Å². The van der Waals surface area contributed by atoms with Crippen molar-refractivity contribution in [1.82, 2.24) is 20.1 Å². The predicted molar refractivity (Wildman–Crippen MR) is 122 cm³/mol. The number of rotatable bonds is 3. The Labute approximate surface area is 191 Å². The van der Waals surface area contributed by atoms with E-state index in [9.17, 15) is 18.0 Å². The number of alkyl carbamates (subject to hydrolysis) is 1. The lowest BCUT2D eigenvalue weighted by molar-refractivity contribution is 0.0500. The van der Waals surface area contributed by atoms with Crippen molar-refractivity contribution in [3.05, 3.63) is 47.8 Å². The predicted octanol–water partition coefficient (Wildman–Crippen LogP) is 2.96. The smallest absolute Gasteiger partial charge is 0.408 e. The summed E-state index contributed by atoms with van der Waals surface area (Å²) in [5, 5.41) is 10.4. The number of nitrogens with one attached hydrogen (secondary N) is 2. The molecule has 3 aromatic rings. The summed E-state index contributed by atoms with van der Waals surface area (Å²) in [5.41, 5.74) is 1.06. The normalized spacial score (nSPS) is 17.3. The number of carbonyl (C=O) groups is 2. The highest BCUT2D eigenvalue weighted by atomic mass is 32.2. The number of hydrogen-bond donors (Lipinski definition) is 2. The molecule has 174 valence electrons. The molecular weight excluding hydrogens is 446 g/mol. The number of anilines is 1. The molecule has 10 nitrogen and oxygen atoms in total. The summed E-state index contributed by atoms with van der Waals surface area (Å²) in [7, 11) is -1.85. The molecule has 1 aromatic carbocycles. The Bertz CT molecular complexity index is 1360. The monoisotopic (exact) mass is 471 g/mol. The van der Waals surface area contributed by atoms with E-state index in [0.717, 1.165) is 0 Å². The maximum Gasteiger partial charge on any atom is 0.408 e. The van der Waals surface area contributed by atoms with Crippen LogP contribution in [0.5, 0.6) is 0 Å². The second-order valence-electron chi connectivity index (χ2n) is 8.88. The van der Waals surface area contributed by atoms with E-state index >= 15 is 0 Å². The maximum absolute atomic E-state index is 12.9. The number of ether oxygens (including phenoxy) is 1. The summed E-state index contributed by atoms with van der Waals surface area (Å²) < 4.78 is 32.4. The largest absolute Gasteiger partial charge is 0.444 e. The number of amides is 2. The molecule has 11 heteroatoms. The van der Waals surface area contributed by atoms with Gasteiger partial charge < -0.3 is 15.4 Å². The molecule has 2 N–H and O–H groups in total. The van der Waals surface area contributed by atoms with Crippen molar-refractivity contribution in [3.63, 3.8) is 0 Å². The summed E-state index contributed by atoms with van der Waals surface area (Å²) in [4.78, 5) is 29.4. The topological polar surface area (TPSA) is 132 Å². The first-order valence-electron chi connectivity index (χ1n) is 10.4. The molecule has 1 aliphatic heterocycles. The number of fused-ring (bicyclic) bond motifs is 2. The van der Waals surface area contributed by atoms with Crippen LogP contribution in [0.25, 0.3) is 11.0 Å². The van der Waals surface area contributed by atoms with E-state index < -0.39 is 33.5 Å². The van der Waals surface area contributed by atoms with E-state index in [0.29, 0.717) is 22.3 Å². The van der Waals surface area contributed by atoms with Gasteiger partial charge in [0.25, 0.3) is 5.91 Å². The quantitative estimate of drug-likeness (QED) is 0.600. The number of pyridine rings is 1. The molecule has 3 heterocycles. The van der Waals surface area contributed by atoms with Crippen molar-refractivity contribution in [2.24, 2.45) is 7.05 Å². The zero-order chi connectivity index (χ0) is 24.0. The van der Waals surface area contributed by atoms with Crippen molar-refractivity contribution >= 4 is 38.6 Å². The van der Waals surface area contributed by atoms with Crippen LogP contribution in [0.4, 0.5) is 10.5 Å². The molecule has 0 radical (unpaired) electrons. The van der Waals surface area contributed by atoms with Crippen molar-refractivity contribution in [3.8, 4) is 0 Å². The zero-order valence-corrected chi connectivity index (χ0v) is 19.6. The van der Waals surface area contributed by atoms with Gasteiger partial charge in [-0.15, -0.1) is 0 Å². The molecule has 1 atom stereocenters. The summed E-state index contributed by atoms with van der Waals surface area (Å²) >= 11 is 0. The van der Waals surface area contributed by atoms with Crippen LogP contribution in [0.1, 0.15) is 49.2 Å². The van der Waals surface area contributed by atoms with Crippen LogP contribution in [0.15, 0.2) is 41.6 Å². The standard InChI is InChI=1S/C22H25N5O5S/c1-22(2,3)32-21(29)26-17-8-10-33(30,31)18-11-13(5-6-14(17)18)20(28)25-16-7-9-23-19-15(16)12-24-27(19)4/h5-7,9,11-12,17H,8,10H2,1-4H3,(H,26,29)(H,23,25,28)/t17-/m0/s1. The fourth-order valence-electron chi connectivity index (χ4n) is 3.72. The van der Waals surface area contributed by atoms with Gasteiger partial charge >= 0.3 is 6.09 Å². The van der Waals surface area contributed by atoms with Crippen LogP contribution in [0.3, 0.4) is 0 Å². The molecule has 1 aliphatic rings. The summed E-state index contributed by atoms with van der Waals surface area (Å²) in [5.74, 6) is -0.613. The number of nitrogens with zero attached hydrogens (tertiary/aromatic N) is 3. The number of benzene rings is 1. The number of carbonyl (C=O) groups excluding carboxylic acids is 2. The molecule has 2 aromatic heterocycles. The minimum absolute atomic E-state index is 0.0312. The Morgan fingerprint density at radius 1 is 1.21 bits per heavy atom. The van der Waals surface area contributed by atoms with Gasteiger partial charge in [-0.3, -0.25) is 9.48 Å². The molecule has 0 fully saturated rings. The van der Waals surface area contributed by atoms with Crippen LogP contribution in [-0.2, 0) is 21.6 Å². The van der Waals surface area contributed by atoms with Gasteiger partial charge in [0, 0.05) is 18.8 Å². The Kier molecular flexibility index (Phi) is 5.61. The van der Waals surface area contributed by atoms with Crippen LogP contribution < -0.4 is 10.6 Å². The summed E-state index contributed by atoms with van der Waals surface area (Å²) in [6, 6.07) is 5.57. The van der Waals surface area contributed by atoms with E-state index in [1.165, 1.54) is 6.07 Å². The first kappa shape index (κ1) is 22.7. The van der Waals surface area contributed by atoms with E-state index in [1.54, 1.807) is 63.1 Å². The lowest BCUT2D eigenvalue weighted by Crippen LogP contribution is -2.37. The van der Waals surface area contributed by atoms with Crippen LogP contribution >= 0.6 is 0 Å². The molecule has 0 spiro atoms. The van der Waals surface area contributed by atoms with Gasteiger partial charge in [-0.25, -0.2) is 18.2 Å². The first-order valence-corrected chi connectivity index (χ1v) is 12.0. The lowest BCUT2D eigenvalue weighted by atomic mass is 10.0. The van der Waals surface area contributed by atoms with Gasteiger partial charge in [0.05, 0.1) is 34.0 Å². The molecule has 33 heavy (non-hydrogen) atoms. The number of sulfone groups is 1. The Morgan fingerprint density at radius 3 is 2.70 bits per heavy atom. The van der Waals surface area contributed by atoms with E-state index in [-0.39, 0.29) is 22.6 Å². The van der Waals surface area contributed by atoms with Gasteiger partial charge in [0.2, 0.25) is 0 Å². The molecule has 0 bridgehead atoms. The van der Waals surface area contributed by atoms with Gasteiger partial charge in [0.15, 0.2) is 15.5 Å². The lowest BCUT2D eigenvalue weighted by Gasteiger charge is -2.28. The molecule has 4 rings (SSSR count). The Morgan fingerprint density at radius 2 is 1.97 bits per heavy atom. The van der Waals surface area contributed by atoms with Gasteiger partial charge in [-0.1, -0.05) is 6.07 Å². The SMILES string of the molecule is Cn1ncc2c(NC(=O)c3ccc4c(c3)S(=O)(=O)CC[C@@H]4NC(=O)OC(C)(C)C)ccnc21. The van der Waals surface area contributed by atoms with Gasteiger partial charge in [-0.2, -0.15) is 5.10 Å². The third-order valence-corrected chi connectivity index (χ3v) is 7.03. The fraction of sp³-hybridized carbons (Fsp3) is 0.364. The first-order chi connectivity index (χ1) is 15.4. The minimum Gasteiger partial charge on any atom is -0.444 e. The molecule has 0 saturated carbocycles. The summed E-state index contributed by atoms with van der Waals surface area (Å²) in [6.07, 6.45) is 2.75. The molecule has 0 unspecified atom stereocenters. The average Bonchev–Trinajstić information content (AvgIpc) is 3.11. The van der Waals surface area contributed by atoms with Gasteiger partial charge in [-0.05, 0) is 51.0 Å². The molecule has 0 aliphatic carbocycles. The Hall–Kier alpha value is -3.47. The second kappa shape index (κ2) is 8.14. The fourth-order valence-corrected chi connectivity index (χ4v) is 5.36. The second-order valence-corrected chi connectivity index (χ2v) is 11.0. The van der Waals surface area contributed by atoms with Crippen molar-refractivity contribution in [1.29, 1.82) is 0 Å².